The molecule has 114 valence electrons. The van der Waals surface area contributed by atoms with Gasteiger partial charge in [0.1, 0.15) is 6.04 Å². The molecule has 3 rings (SSSR count). The lowest BCUT2D eigenvalue weighted by Crippen LogP contribution is -2.42. The average molecular weight is 300 g/mol. The molecular weight excluding hydrogens is 284 g/mol. The van der Waals surface area contributed by atoms with Crippen LogP contribution in [-0.4, -0.2) is 38.0 Å². The number of nitrogens with zero attached hydrogens (tertiary/aromatic N) is 3. The van der Waals surface area contributed by atoms with Crippen LogP contribution in [0.5, 0.6) is 0 Å². The number of hydrogen-bond acceptors (Lipinski definition) is 4. The summed E-state index contributed by atoms with van der Waals surface area (Å²) in [7, 11) is 0. The Hall–Kier alpha value is -2.70. The number of rotatable bonds is 6. The second-order valence-corrected chi connectivity index (χ2v) is 5.41. The summed E-state index contributed by atoms with van der Waals surface area (Å²) in [5.41, 5.74) is 1.17. The zero-order valence-electron chi connectivity index (χ0n) is 11.8. The molecule has 0 aliphatic heterocycles. The van der Waals surface area contributed by atoms with Crippen molar-refractivity contribution in [2.75, 3.05) is 0 Å². The maximum absolute atomic E-state index is 12.1. The fourth-order valence-corrected chi connectivity index (χ4v) is 2.28. The molecule has 1 amide bonds. The molecule has 1 aliphatic carbocycles. The molecule has 1 saturated carbocycles. The number of aliphatic carboxylic acids is 1. The van der Waals surface area contributed by atoms with Gasteiger partial charge in [0.25, 0.3) is 5.91 Å². The van der Waals surface area contributed by atoms with Crippen molar-refractivity contribution < 1.29 is 14.7 Å². The average Bonchev–Trinajstić information content (AvgIpc) is 3.24. The molecule has 1 heterocycles. The highest BCUT2D eigenvalue weighted by molar-refractivity contribution is 5.94. The quantitative estimate of drug-likeness (QED) is 0.827. The van der Waals surface area contributed by atoms with Gasteiger partial charge in [0.15, 0.2) is 5.69 Å². The van der Waals surface area contributed by atoms with Crippen molar-refractivity contribution in [1.82, 2.24) is 20.3 Å². The number of carbonyl (C=O) groups is 2. The minimum absolute atomic E-state index is 0.0285. The van der Waals surface area contributed by atoms with Gasteiger partial charge in [0, 0.05) is 0 Å². The lowest BCUT2D eigenvalue weighted by atomic mass is 10.2. The molecule has 22 heavy (non-hydrogen) atoms. The van der Waals surface area contributed by atoms with Crippen molar-refractivity contribution in [3.63, 3.8) is 0 Å². The Morgan fingerprint density at radius 1 is 1.32 bits per heavy atom. The van der Waals surface area contributed by atoms with Gasteiger partial charge in [-0.3, -0.25) is 4.79 Å². The van der Waals surface area contributed by atoms with E-state index in [0.29, 0.717) is 6.54 Å². The van der Waals surface area contributed by atoms with Crippen LogP contribution < -0.4 is 5.32 Å². The van der Waals surface area contributed by atoms with Crippen molar-refractivity contribution in [3.8, 4) is 0 Å². The van der Waals surface area contributed by atoms with Crippen molar-refractivity contribution in [2.45, 2.75) is 25.4 Å². The molecule has 0 bridgehead atoms. The van der Waals surface area contributed by atoms with E-state index in [9.17, 15) is 9.59 Å². The van der Waals surface area contributed by atoms with Gasteiger partial charge >= 0.3 is 5.97 Å². The Labute approximate surface area is 126 Å². The summed E-state index contributed by atoms with van der Waals surface area (Å²) in [5, 5.41) is 19.4. The summed E-state index contributed by atoms with van der Waals surface area (Å²) in [4.78, 5) is 23.2. The first-order chi connectivity index (χ1) is 10.6. The van der Waals surface area contributed by atoms with Crippen molar-refractivity contribution in [1.29, 1.82) is 0 Å². The minimum atomic E-state index is -1.01. The van der Waals surface area contributed by atoms with E-state index in [1.54, 1.807) is 4.68 Å². The number of carboxylic acid groups (broad SMARTS) is 1. The summed E-state index contributed by atoms with van der Waals surface area (Å²) >= 11 is 0. The minimum Gasteiger partial charge on any atom is -0.480 e. The van der Waals surface area contributed by atoms with Gasteiger partial charge in [-0.2, -0.15) is 0 Å². The highest BCUT2D eigenvalue weighted by atomic mass is 16.4. The molecule has 7 heteroatoms. The van der Waals surface area contributed by atoms with Gasteiger partial charge in [0.05, 0.1) is 12.7 Å². The molecule has 1 fully saturated rings. The fourth-order valence-electron chi connectivity index (χ4n) is 2.28. The van der Waals surface area contributed by atoms with Gasteiger partial charge in [-0.1, -0.05) is 35.5 Å². The molecule has 1 aromatic carbocycles. The molecule has 1 aromatic heterocycles. The number of aromatic nitrogens is 3. The largest absolute Gasteiger partial charge is 0.480 e. The van der Waals surface area contributed by atoms with Gasteiger partial charge in [-0.05, 0) is 24.3 Å². The van der Waals surface area contributed by atoms with E-state index < -0.39 is 17.9 Å². The second kappa shape index (κ2) is 5.97. The third-order valence-corrected chi connectivity index (χ3v) is 3.60. The number of benzene rings is 1. The highest BCUT2D eigenvalue weighted by Crippen LogP contribution is 2.32. The standard InChI is InChI=1S/C15H16N4O3/c20-14(16-13(15(21)22)11-6-7-11)12-9-19(18-17-12)8-10-4-2-1-3-5-10/h1-5,9,11,13H,6-8H2,(H,16,20)(H,21,22). The van der Waals surface area contributed by atoms with Crippen molar-refractivity contribution >= 4 is 11.9 Å². The Morgan fingerprint density at radius 2 is 2.05 bits per heavy atom. The Kier molecular flexibility index (Phi) is 3.86. The maximum Gasteiger partial charge on any atom is 0.326 e. The zero-order chi connectivity index (χ0) is 15.5. The Balaban J connectivity index is 1.65. The predicted molar refractivity (Wildman–Crippen MR) is 77.2 cm³/mol. The van der Waals surface area contributed by atoms with Crippen LogP contribution in [0, 0.1) is 5.92 Å². The van der Waals surface area contributed by atoms with E-state index in [2.05, 4.69) is 15.6 Å². The molecular formula is C15H16N4O3. The maximum atomic E-state index is 12.1. The van der Waals surface area contributed by atoms with E-state index >= 15 is 0 Å². The molecule has 7 nitrogen and oxygen atoms in total. The number of carbonyl (C=O) groups excluding carboxylic acids is 1. The third kappa shape index (κ3) is 3.30. The molecule has 2 aromatic rings. The first kappa shape index (κ1) is 14.2. The van der Waals surface area contributed by atoms with E-state index in [1.165, 1.54) is 6.20 Å². The van der Waals surface area contributed by atoms with Crippen LogP contribution in [0.15, 0.2) is 36.5 Å². The Bertz CT molecular complexity index is 679. The normalized spacial score (nSPS) is 15.3. The third-order valence-electron chi connectivity index (χ3n) is 3.60. The fraction of sp³-hybridized carbons (Fsp3) is 0.333. The molecule has 2 N–H and O–H groups in total. The van der Waals surface area contributed by atoms with Crippen LogP contribution in [0.2, 0.25) is 0 Å². The monoisotopic (exact) mass is 300 g/mol. The molecule has 0 saturated heterocycles. The summed E-state index contributed by atoms with van der Waals surface area (Å²) in [6, 6.07) is 8.84. The number of carboxylic acids is 1. The molecule has 1 unspecified atom stereocenters. The topological polar surface area (TPSA) is 97.1 Å². The van der Waals surface area contributed by atoms with Crippen LogP contribution in [0.1, 0.15) is 28.9 Å². The lowest BCUT2D eigenvalue weighted by Gasteiger charge is -2.11. The Morgan fingerprint density at radius 3 is 2.68 bits per heavy atom. The lowest BCUT2D eigenvalue weighted by molar-refractivity contribution is -0.139. The number of amides is 1. The molecule has 0 radical (unpaired) electrons. The first-order valence-corrected chi connectivity index (χ1v) is 7.11. The van der Waals surface area contributed by atoms with Crippen LogP contribution in [0.3, 0.4) is 0 Å². The van der Waals surface area contributed by atoms with Crippen LogP contribution in [0.25, 0.3) is 0 Å². The first-order valence-electron chi connectivity index (χ1n) is 7.11. The van der Waals surface area contributed by atoms with Crippen LogP contribution >= 0.6 is 0 Å². The number of hydrogen-bond donors (Lipinski definition) is 2. The highest BCUT2D eigenvalue weighted by Gasteiger charge is 2.37. The van der Waals surface area contributed by atoms with E-state index in [1.807, 2.05) is 30.3 Å². The van der Waals surface area contributed by atoms with E-state index in [0.717, 1.165) is 18.4 Å². The van der Waals surface area contributed by atoms with Crippen molar-refractivity contribution in [2.24, 2.45) is 5.92 Å². The van der Waals surface area contributed by atoms with E-state index in [-0.39, 0.29) is 11.6 Å². The van der Waals surface area contributed by atoms with Gasteiger partial charge in [-0.25, -0.2) is 9.48 Å². The van der Waals surface area contributed by atoms with Crippen LogP contribution in [-0.2, 0) is 11.3 Å². The zero-order valence-corrected chi connectivity index (χ0v) is 11.8. The smallest absolute Gasteiger partial charge is 0.326 e. The molecule has 1 aliphatic rings. The molecule has 1 atom stereocenters. The summed E-state index contributed by atoms with van der Waals surface area (Å²) in [6.45, 7) is 0.506. The van der Waals surface area contributed by atoms with E-state index in [4.69, 9.17) is 5.11 Å². The summed E-state index contributed by atoms with van der Waals surface area (Å²) < 4.78 is 1.55. The summed E-state index contributed by atoms with van der Waals surface area (Å²) in [5.74, 6) is -1.48. The van der Waals surface area contributed by atoms with Gasteiger partial charge in [0.2, 0.25) is 0 Å². The van der Waals surface area contributed by atoms with Gasteiger partial charge < -0.3 is 10.4 Å². The van der Waals surface area contributed by atoms with Crippen LogP contribution in [0.4, 0.5) is 0 Å². The SMILES string of the molecule is O=C(NC(C(=O)O)C1CC1)c1cn(Cc2ccccc2)nn1. The summed E-state index contributed by atoms with van der Waals surface area (Å²) in [6.07, 6.45) is 3.18. The molecule has 0 spiro atoms. The van der Waals surface area contributed by atoms with Crippen molar-refractivity contribution in [3.05, 3.63) is 47.8 Å². The number of nitrogens with one attached hydrogen (secondary N) is 1. The predicted octanol–water partition coefficient (Wildman–Crippen LogP) is 0.919. The second-order valence-electron chi connectivity index (χ2n) is 5.41. The van der Waals surface area contributed by atoms with Gasteiger partial charge in [-0.15, -0.1) is 5.10 Å².